The molecule has 0 saturated carbocycles. The first-order valence-corrected chi connectivity index (χ1v) is 3.71. The number of carbonyl (C=O) groups is 1. The second-order valence-electron chi connectivity index (χ2n) is 2.28. The standard InChI is InChI=1S/C8H8ClNO2/c1-5(11)12-8-3-2-6(9)4-7(8)10/h2-4H,10H2,1H3. The van der Waals surface area contributed by atoms with Crippen LogP contribution in [0.5, 0.6) is 5.75 Å². The number of hydrogen-bond donors (Lipinski definition) is 1. The molecule has 0 bridgehead atoms. The van der Waals surface area contributed by atoms with Crippen LogP contribution in [-0.4, -0.2) is 5.97 Å². The van der Waals surface area contributed by atoms with Gasteiger partial charge in [0.15, 0.2) is 5.75 Å². The van der Waals surface area contributed by atoms with Gasteiger partial charge in [0.05, 0.1) is 5.69 Å². The Bertz CT molecular complexity index is 312. The van der Waals surface area contributed by atoms with Gasteiger partial charge >= 0.3 is 5.97 Å². The van der Waals surface area contributed by atoms with Gasteiger partial charge in [0.1, 0.15) is 0 Å². The maximum atomic E-state index is 10.5. The molecule has 0 heterocycles. The van der Waals surface area contributed by atoms with Crippen molar-refractivity contribution < 1.29 is 9.53 Å². The molecule has 0 fully saturated rings. The highest BCUT2D eigenvalue weighted by atomic mass is 35.5. The van der Waals surface area contributed by atoms with Gasteiger partial charge in [-0.1, -0.05) is 11.6 Å². The zero-order valence-electron chi connectivity index (χ0n) is 6.50. The molecule has 64 valence electrons. The normalized spacial score (nSPS) is 9.50. The minimum Gasteiger partial charge on any atom is -0.425 e. The highest BCUT2D eigenvalue weighted by molar-refractivity contribution is 6.30. The van der Waals surface area contributed by atoms with Crippen LogP contribution < -0.4 is 10.5 Å². The lowest BCUT2D eigenvalue weighted by Crippen LogP contribution is -2.03. The Morgan fingerprint density at radius 2 is 2.25 bits per heavy atom. The number of esters is 1. The van der Waals surface area contributed by atoms with Crippen LogP contribution >= 0.6 is 11.6 Å². The first-order chi connectivity index (χ1) is 5.59. The van der Waals surface area contributed by atoms with E-state index >= 15 is 0 Å². The van der Waals surface area contributed by atoms with E-state index in [1.165, 1.54) is 13.0 Å². The Morgan fingerprint density at radius 1 is 1.58 bits per heavy atom. The van der Waals surface area contributed by atoms with Crippen LogP contribution in [0.2, 0.25) is 5.02 Å². The first kappa shape index (κ1) is 8.87. The fourth-order valence-corrected chi connectivity index (χ4v) is 0.948. The predicted molar refractivity (Wildman–Crippen MR) is 47.2 cm³/mol. The third-order valence-electron chi connectivity index (χ3n) is 1.23. The third kappa shape index (κ3) is 2.13. The maximum Gasteiger partial charge on any atom is 0.308 e. The number of halogens is 1. The Kier molecular flexibility index (Phi) is 2.55. The zero-order valence-corrected chi connectivity index (χ0v) is 7.26. The summed E-state index contributed by atoms with van der Waals surface area (Å²) in [6.45, 7) is 1.31. The molecule has 0 aliphatic carbocycles. The molecule has 0 spiro atoms. The number of rotatable bonds is 1. The lowest BCUT2D eigenvalue weighted by molar-refractivity contribution is -0.131. The second kappa shape index (κ2) is 3.45. The van der Waals surface area contributed by atoms with E-state index in [9.17, 15) is 4.79 Å². The highest BCUT2D eigenvalue weighted by Gasteiger charge is 2.02. The lowest BCUT2D eigenvalue weighted by Gasteiger charge is -2.04. The molecule has 0 radical (unpaired) electrons. The average molecular weight is 186 g/mol. The van der Waals surface area contributed by atoms with E-state index in [1.807, 2.05) is 0 Å². The molecule has 0 atom stereocenters. The van der Waals surface area contributed by atoms with Crippen molar-refractivity contribution >= 4 is 23.3 Å². The zero-order chi connectivity index (χ0) is 9.14. The molecule has 4 heteroatoms. The van der Waals surface area contributed by atoms with Crippen LogP contribution in [-0.2, 0) is 4.79 Å². The maximum absolute atomic E-state index is 10.5. The Balaban J connectivity index is 2.93. The topological polar surface area (TPSA) is 52.3 Å². The van der Waals surface area contributed by atoms with Crippen LogP contribution in [0.3, 0.4) is 0 Å². The van der Waals surface area contributed by atoms with Gasteiger partial charge in [0.2, 0.25) is 0 Å². The molecule has 1 rings (SSSR count). The van der Waals surface area contributed by atoms with Crippen molar-refractivity contribution in [1.82, 2.24) is 0 Å². The van der Waals surface area contributed by atoms with Gasteiger partial charge in [-0.05, 0) is 18.2 Å². The number of carbonyl (C=O) groups excluding carboxylic acids is 1. The fraction of sp³-hybridized carbons (Fsp3) is 0.125. The number of hydrogen-bond acceptors (Lipinski definition) is 3. The van der Waals surface area contributed by atoms with Crippen molar-refractivity contribution in [2.45, 2.75) is 6.92 Å². The number of benzene rings is 1. The Morgan fingerprint density at radius 3 is 2.75 bits per heavy atom. The number of anilines is 1. The summed E-state index contributed by atoms with van der Waals surface area (Å²) in [4.78, 5) is 10.5. The minimum absolute atomic E-state index is 0.340. The Labute approximate surface area is 75.1 Å². The van der Waals surface area contributed by atoms with Gasteiger partial charge in [-0.3, -0.25) is 4.79 Å². The summed E-state index contributed by atoms with van der Waals surface area (Å²) >= 11 is 5.63. The monoisotopic (exact) mass is 185 g/mol. The quantitative estimate of drug-likeness (QED) is 0.413. The van der Waals surface area contributed by atoms with E-state index in [2.05, 4.69) is 0 Å². The van der Waals surface area contributed by atoms with Gasteiger partial charge in [-0.15, -0.1) is 0 Å². The molecule has 0 aromatic heterocycles. The van der Waals surface area contributed by atoms with Crippen molar-refractivity contribution in [3.8, 4) is 5.75 Å². The largest absolute Gasteiger partial charge is 0.425 e. The minimum atomic E-state index is -0.399. The molecule has 0 unspecified atom stereocenters. The predicted octanol–water partition coefficient (Wildman–Crippen LogP) is 1.85. The molecule has 0 amide bonds. The van der Waals surface area contributed by atoms with E-state index in [4.69, 9.17) is 22.1 Å². The first-order valence-electron chi connectivity index (χ1n) is 3.33. The molecule has 0 aliphatic heterocycles. The van der Waals surface area contributed by atoms with Crippen molar-refractivity contribution in [3.05, 3.63) is 23.2 Å². The van der Waals surface area contributed by atoms with Crippen molar-refractivity contribution in [3.63, 3.8) is 0 Å². The summed E-state index contributed by atoms with van der Waals surface area (Å²) in [5.41, 5.74) is 5.87. The van der Waals surface area contributed by atoms with Gasteiger partial charge in [-0.25, -0.2) is 0 Å². The van der Waals surface area contributed by atoms with Crippen molar-refractivity contribution in [1.29, 1.82) is 0 Å². The summed E-state index contributed by atoms with van der Waals surface area (Å²) in [6, 6.07) is 4.69. The molecule has 0 saturated heterocycles. The van der Waals surface area contributed by atoms with Crippen LogP contribution in [0.1, 0.15) is 6.92 Å². The molecule has 1 aromatic carbocycles. The van der Waals surface area contributed by atoms with E-state index in [-0.39, 0.29) is 0 Å². The highest BCUT2D eigenvalue weighted by Crippen LogP contribution is 2.24. The summed E-state index contributed by atoms with van der Waals surface area (Å²) in [7, 11) is 0. The SMILES string of the molecule is CC(=O)Oc1ccc(Cl)cc1N. The van der Waals surface area contributed by atoms with Crippen molar-refractivity contribution in [2.24, 2.45) is 0 Å². The van der Waals surface area contributed by atoms with Crippen LogP contribution in [0.4, 0.5) is 5.69 Å². The third-order valence-corrected chi connectivity index (χ3v) is 1.46. The Hall–Kier alpha value is -1.22. The van der Waals surface area contributed by atoms with Gasteiger partial charge < -0.3 is 10.5 Å². The molecular formula is C8H8ClNO2. The molecule has 3 nitrogen and oxygen atoms in total. The summed E-state index contributed by atoms with van der Waals surface area (Å²) < 4.78 is 4.78. The second-order valence-corrected chi connectivity index (χ2v) is 2.71. The molecular weight excluding hydrogens is 178 g/mol. The van der Waals surface area contributed by atoms with E-state index in [0.717, 1.165) is 0 Å². The van der Waals surface area contributed by atoms with Crippen LogP contribution in [0, 0.1) is 0 Å². The molecule has 12 heavy (non-hydrogen) atoms. The number of nitrogens with two attached hydrogens (primary N) is 1. The lowest BCUT2D eigenvalue weighted by atomic mass is 10.3. The summed E-state index contributed by atoms with van der Waals surface area (Å²) in [6.07, 6.45) is 0. The molecule has 2 N–H and O–H groups in total. The van der Waals surface area contributed by atoms with Crippen LogP contribution in [0.25, 0.3) is 0 Å². The van der Waals surface area contributed by atoms with E-state index in [1.54, 1.807) is 12.1 Å². The number of nitrogen functional groups attached to an aromatic ring is 1. The number of ether oxygens (including phenoxy) is 1. The fourth-order valence-electron chi connectivity index (χ4n) is 0.767. The van der Waals surface area contributed by atoms with E-state index < -0.39 is 5.97 Å². The van der Waals surface area contributed by atoms with Gasteiger partial charge in [-0.2, -0.15) is 0 Å². The van der Waals surface area contributed by atoms with Gasteiger partial charge in [0, 0.05) is 11.9 Å². The average Bonchev–Trinajstić information content (AvgIpc) is 1.94. The van der Waals surface area contributed by atoms with E-state index in [0.29, 0.717) is 16.5 Å². The summed E-state index contributed by atoms with van der Waals surface area (Å²) in [5.74, 6) is -0.0593. The molecule has 0 aliphatic rings. The van der Waals surface area contributed by atoms with Crippen molar-refractivity contribution in [2.75, 3.05) is 5.73 Å². The summed E-state index contributed by atoms with van der Waals surface area (Å²) in [5, 5.41) is 0.517. The molecule has 1 aromatic rings. The van der Waals surface area contributed by atoms with Crippen LogP contribution in [0.15, 0.2) is 18.2 Å². The smallest absolute Gasteiger partial charge is 0.308 e. The van der Waals surface area contributed by atoms with Gasteiger partial charge in [0.25, 0.3) is 0 Å².